The molecule has 30 heavy (non-hydrogen) atoms. The van der Waals surface area contributed by atoms with Crippen LogP contribution in [0.15, 0.2) is 48.8 Å². The number of pyridine rings is 1. The molecule has 1 saturated heterocycles. The zero-order chi connectivity index (χ0) is 20.9. The highest BCUT2D eigenvalue weighted by atomic mass is 32.1. The fourth-order valence-electron chi connectivity index (χ4n) is 3.93. The summed E-state index contributed by atoms with van der Waals surface area (Å²) in [5.74, 6) is 1.82. The van der Waals surface area contributed by atoms with Crippen molar-refractivity contribution in [2.24, 2.45) is 0 Å². The van der Waals surface area contributed by atoms with E-state index in [1.807, 2.05) is 28.9 Å². The van der Waals surface area contributed by atoms with E-state index in [4.69, 9.17) is 22.1 Å². The predicted molar refractivity (Wildman–Crippen MR) is 120 cm³/mol. The van der Waals surface area contributed by atoms with Crippen LogP contribution in [0.1, 0.15) is 13.3 Å². The largest absolute Gasteiger partial charge is 0.497 e. The van der Waals surface area contributed by atoms with Crippen LogP contribution in [0.4, 0.5) is 5.69 Å². The Hall–Kier alpha value is -2.71. The van der Waals surface area contributed by atoms with E-state index in [1.165, 1.54) is 10.6 Å². The minimum atomic E-state index is 0.796. The van der Waals surface area contributed by atoms with Gasteiger partial charge in [-0.1, -0.05) is 6.92 Å². The van der Waals surface area contributed by atoms with Crippen LogP contribution >= 0.6 is 12.2 Å². The molecule has 3 aromatic rings. The van der Waals surface area contributed by atoms with Gasteiger partial charge < -0.3 is 14.5 Å². The summed E-state index contributed by atoms with van der Waals surface area (Å²) in [6.07, 6.45) is 4.63. The van der Waals surface area contributed by atoms with Gasteiger partial charge in [-0.2, -0.15) is 4.68 Å². The second-order valence-corrected chi connectivity index (χ2v) is 7.95. The van der Waals surface area contributed by atoms with Crippen molar-refractivity contribution in [2.75, 3.05) is 38.2 Å². The first-order valence-electron chi connectivity index (χ1n) is 10.5. The van der Waals surface area contributed by atoms with Crippen LogP contribution in [0.5, 0.6) is 5.75 Å². The summed E-state index contributed by atoms with van der Waals surface area (Å²) < 4.78 is 10.2. The summed E-state index contributed by atoms with van der Waals surface area (Å²) in [6, 6.07) is 12.3. The molecule has 0 unspecified atom stereocenters. The molecule has 0 bridgehead atoms. The minimum Gasteiger partial charge on any atom is -0.497 e. The maximum atomic E-state index is 5.78. The summed E-state index contributed by atoms with van der Waals surface area (Å²) in [5.41, 5.74) is 2.31. The number of nitrogens with one attached hydrogen (secondary N) is 1. The first-order valence-corrected chi connectivity index (χ1v) is 10.9. The van der Waals surface area contributed by atoms with Crippen LogP contribution in [0.25, 0.3) is 11.4 Å². The van der Waals surface area contributed by atoms with E-state index in [0.717, 1.165) is 67.7 Å². The van der Waals surface area contributed by atoms with Crippen molar-refractivity contribution < 1.29 is 9.64 Å². The molecule has 1 aromatic carbocycles. The molecule has 3 heterocycles. The number of hydrogen-bond acceptors (Lipinski definition) is 5. The molecule has 4 rings (SSSR count). The van der Waals surface area contributed by atoms with E-state index in [9.17, 15) is 0 Å². The van der Waals surface area contributed by atoms with Gasteiger partial charge in [0.15, 0.2) is 12.5 Å². The number of nitrogens with zero attached hydrogens (tertiary/aromatic N) is 5. The first kappa shape index (κ1) is 20.6. The highest BCUT2D eigenvalue weighted by Gasteiger charge is 2.22. The third-order valence-corrected chi connectivity index (χ3v) is 6.02. The third kappa shape index (κ3) is 4.39. The Kier molecular flexibility index (Phi) is 6.44. The van der Waals surface area contributed by atoms with Gasteiger partial charge in [0.25, 0.3) is 0 Å². The number of rotatable bonds is 7. The molecule has 7 nitrogen and oxygen atoms in total. The summed E-state index contributed by atoms with van der Waals surface area (Å²) >= 11 is 5.78. The van der Waals surface area contributed by atoms with E-state index in [0.29, 0.717) is 0 Å². The third-order valence-electron chi connectivity index (χ3n) is 5.59. The number of hydrogen-bond donors (Lipinski definition) is 1. The lowest BCUT2D eigenvalue weighted by atomic mass is 10.2. The fourth-order valence-corrected chi connectivity index (χ4v) is 4.21. The van der Waals surface area contributed by atoms with E-state index in [2.05, 4.69) is 33.5 Å². The smallest absolute Gasteiger partial charge is 0.203 e. The van der Waals surface area contributed by atoms with Crippen LogP contribution in [-0.2, 0) is 13.2 Å². The van der Waals surface area contributed by atoms with Gasteiger partial charge in [0.1, 0.15) is 5.75 Å². The molecule has 2 aromatic heterocycles. The van der Waals surface area contributed by atoms with Gasteiger partial charge in [-0.25, -0.2) is 0 Å². The Morgan fingerprint density at radius 3 is 2.40 bits per heavy atom. The average molecular weight is 426 g/mol. The topological polar surface area (TPSA) is 52.5 Å². The van der Waals surface area contributed by atoms with E-state index in [-0.39, 0.29) is 0 Å². The lowest BCUT2D eigenvalue weighted by Gasteiger charge is -2.33. The molecule has 0 radical (unpaired) electrons. The van der Waals surface area contributed by atoms with Gasteiger partial charge >= 0.3 is 0 Å². The van der Waals surface area contributed by atoms with Gasteiger partial charge in [0.05, 0.1) is 33.3 Å². The molecular weight excluding hydrogens is 396 g/mol. The lowest BCUT2D eigenvalue weighted by Crippen LogP contribution is -3.14. The summed E-state index contributed by atoms with van der Waals surface area (Å²) in [5, 5.41) is 4.89. The summed E-state index contributed by atoms with van der Waals surface area (Å²) in [6.45, 7) is 7.97. The van der Waals surface area contributed by atoms with Crippen molar-refractivity contribution >= 4 is 17.9 Å². The van der Waals surface area contributed by atoms with Gasteiger partial charge in [-0.05, 0) is 55.0 Å². The molecule has 0 atom stereocenters. The van der Waals surface area contributed by atoms with Crippen LogP contribution in [-0.4, -0.2) is 52.6 Å². The second-order valence-electron chi connectivity index (χ2n) is 7.59. The van der Waals surface area contributed by atoms with Crippen molar-refractivity contribution in [3.8, 4) is 17.1 Å². The van der Waals surface area contributed by atoms with Crippen molar-refractivity contribution in [1.29, 1.82) is 0 Å². The van der Waals surface area contributed by atoms with Gasteiger partial charge in [0.2, 0.25) is 4.77 Å². The summed E-state index contributed by atoms with van der Waals surface area (Å²) in [4.78, 5) is 8.05. The monoisotopic (exact) mass is 425 g/mol. The Balaban J connectivity index is 1.45. The van der Waals surface area contributed by atoms with Gasteiger partial charge in [-0.3, -0.25) is 9.55 Å². The number of benzene rings is 1. The quantitative estimate of drug-likeness (QED) is 0.589. The van der Waals surface area contributed by atoms with Crippen LogP contribution in [0.3, 0.4) is 0 Å². The summed E-state index contributed by atoms with van der Waals surface area (Å²) in [7, 11) is 1.70. The maximum Gasteiger partial charge on any atom is 0.203 e. The molecule has 158 valence electrons. The molecule has 1 fully saturated rings. The van der Waals surface area contributed by atoms with E-state index < -0.39 is 0 Å². The Bertz CT molecular complexity index is 1010. The SMILES string of the molecule is CCCn1c(-c2ccncc2)nn(C[NH+]2CCN(c3ccc(OC)cc3)CC2)c1=S. The van der Waals surface area contributed by atoms with Crippen molar-refractivity contribution in [2.45, 2.75) is 26.6 Å². The van der Waals surface area contributed by atoms with Gasteiger partial charge in [-0.15, -0.1) is 5.10 Å². The van der Waals surface area contributed by atoms with Crippen molar-refractivity contribution in [3.63, 3.8) is 0 Å². The molecule has 1 aliphatic rings. The highest BCUT2D eigenvalue weighted by Crippen LogP contribution is 2.19. The molecule has 1 N–H and O–H groups in total. The van der Waals surface area contributed by atoms with Crippen molar-refractivity contribution in [1.82, 2.24) is 19.3 Å². The van der Waals surface area contributed by atoms with E-state index >= 15 is 0 Å². The minimum absolute atomic E-state index is 0.796. The molecule has 0 spiro atoms. The number of aromatic nitrogens is 4. The molecule has 1 aliphatic heterocycles. The van der Waals surface area contributed by atoms with Crippen LogP contribution < -0.4 is 14.5 Å². The normalized spacial score (nSPS) is 14.8. The van der Waals surface area contributed by atoms with Crippen LogP contribution in [0.2, 0.25) is 0 Å². The molecular formula is C22H29N6OS+. The highest BCUT2D eigenvalue weighted by molar-refractivity contribution is 7.71. The Morgan fingerprint density at radius 2 is 1.77 bits per heavy atom. The number of anilines is 1. The number of methoxy groups -OCH3 is 1. The average Bonchev–Trinajstić information content (AvgIpc) is 3.10. The fraction of sp³-hybridized carbons (Fsp3) is 0.409. The van der Waals surface area contributed by atoms with Gasteiger partial charge in [0, 0.05) is 30.2 Å². The van der Waals surface area contributed by atoms with Crippen molar-refractivity contribution in [3.05, 3.63) is 53.6 Å². The standard InChI is InChI=1S/C22H28N6OS/c1-3-12-27-21(18-8-10-23-11-9-18)24-28(22(27)30)17-25-13-15-26(16-14-25)19-4-6-20(29-2)7-5-19/h4-11H,3,12-17H2,1-2H3/p+1. The lowest BCUT2D eigenvalue weighted by molar-refractivity contribution is -0.924. The zero-order valence-corrected chi connectivity index (χ0v) is 18.4. The number of quaternary nitrogens is 1. The number of ether oxygens (including phenoxy) is 1. The van der Waals surface area contributed by atoms with E-state index in [1.54, 1.807) is 19.5 Å². The molecule has 8 heteroatoms. The Labute approximate surface area is 182 Å². The Morgan fingerprint density at radius 1 is 1.07 bits per heavy atom. The molecule has 0 saturated carbocycles. The predicted octanol–water partition coefficient (Wildman–Crippen LogP) is 2.26. The first-order chi connectivity index (χ1) is 14.7. The molecule has 0 aliphatic carbocycles. The second kappa shape index (κ2) is 9.40. The number of piperazine rings is 1. The van der Waals surface area contributed by atoms with Crippen LogP contribution in [0, 0.1) is 4.77 Å². The maximum absolute atomic E-state index is 5.78. The zero-order valence-electron chi connectivity index (χ0n) is 17.6. The molecule has 0 amide bonds.